The minimum absolute atomic E-state index is 0.115. The maximum atomic E-state index is 13.3. The minimum atomic E-state index is -4.42. The Labute approximate surface area is 172 Å². The average molecular weight is 415 g/mol. The molecule has 0 aromatic heterocycles. The van der Waals surface area contributed by atoms with Gasteiger partial charge in [0, 0.05) is 5.56 Å². The molecule has 2 aromatic rings. The van der Waals surface area contributed by atoms with Crippen molar-refractivity contribution in [1.82, 2.24) is 0 Å². The lowest BCUT2D eigenvalue weighted by atomic mass is 9.87. The number of hydrogen-bond acceptors (Lipinski definition) is 4. The number of benzene rings is 2. The summed E-state index contributed by atoms with van der Waals surface area (Å²) in [5, 5.41) is -0.935. The molecule has 0 bridgehead atoms. The van der Waals surface area contributed by atoms with Crippen LogP contribution in [0.1, 0.15) is 56.5 Å². The lowest BCUT2D eigenvalue weighted by molar-refractivity contribution is -0.00159. The molecule has 0 radical (unpaired) electrons. The van der Waals surface area contributed by atoms with Crippen LogP contribution in [-0.2, 0) is 15.3 Å². The van der Waals surface area contributed by atoms with Gasteiger partial charge in [0.15, 0.2) is 0 Å². The van der Waals surface area contributed by atoms with Crippen molar-refractivity contribution >= 4 is 20.7 Å². The molecule has 0 fully saturated rings. The Hall–Kier alpha value is -2.76. The van der Waals surface area contributed by atoms with Gasteiger partial charge in [0.1, 0.15) is 10.6 Å². The first-order chi connectivity index (χ1) is 13.6. The summed E-state index contributed by atoms with van der Waals surface area (Å²) in [7, 11) is -4.42. The summed E-state index contributed by atoms with van der Waals surface area (Å²) in [6.07, 6.45) is 1.64. The van der Waals surface area contributed by atoms with Gasteiger partial charge in [0.05, 0.1) is 6.61 Å². The fourth-order valence-corrected chi connectivity index (χ4v) is 4.02. The number of hydrogen-bond donors (Lipinski definition) is 0. The van der Waals surface area contributed by atoms with E-state index < -0.39 is 20.7 Å². The van der Waals surface area contributed by atoms with Gasteiger partial charge in [-0.15, -0.1) is 4.79 Å². The molecule has 0 amide bonds. The van der Waals surface area contributed by atoms with E-state index in [0.717, 1.165) is 18.4 Å². The van der Waals surface area contributed by atoms with Crippen LogP contribution in [-0.4, -0.2) is 30.6 Å². The van der Waals surface area contributed by atoms with Gasteiger partial charge < -0.3 is 10.3 Å². The van der Waals surface area contributed by atoms with E-state index in [1.54, 1.807) is 30.3 Å². The van der Waals surface area contributed by atoms with Crippen LogP contribution in [0.15, 0.2) is 53.4 Å². The lowest BCUT2D eigenvalue weighted by Crippen LogP contribution is -2.27. The predicted molar refractivity (Wildman–Crippen MR) is 112 cm³/mol. The third kappa shape index (κ3) is 5.19. The van der Waals surface area contributed by atoms with Crippen molar-refractivity contribution in [3.05, 3.63) is 65.2 Å². The summed E-state index contributed by atoms with van der Waals surface area (Å²) < 4.78 is 32.3. The third-order valence-electron chi connectivity index (χ3n) is 4.43. The molecule has 6 nitrogen and oxygen atoms in total. The van der Waals surface area contributed by atoms with Crippen molar-refractivity contribution < 1.29 is 22.7 Å². The van der Waals surface area contributed by atoms with Crippen LogP contribution in [0.25, 0.3) is 5.53 Å². The molecule has 0 spiro atoms. The Morgan fingerprint density at radius 2 is 1.76 bits per heavy atom. The highest BCUT2D eigenvalue weighted by atomic mass is 32.2. The molecule has 0 saturated heterocycles. The molecule has 0 saturated carbocycles. The largest absolute Gasteiger partial charge is 0.492 e. The van der Waals surface area contributed by atoms with Crippen molar-refractivity contribution in [3.63, 3.8) is 0 Å². The van der Waals surface area contributed by atoms with Crippen LogP contribution < -0.4 is 4.74 Å². The second kappa shape index (κ2) is 9.16. The number of carbonyl (C=O) groups is 1. The van der Waals surface area contributed by atoms with E-state index in [2.05, 4.69) is 4.79 Å². The number of ether oxygens (including phenoxy) is 1. The van der Waals surface area contributed by atoms with E-state index >= 15 is 0 Å². The first kappa shape index (κ1) is 22.5. The zero-order valence-electron chi connectivity index (χ0n) is 17.2. The monoisotopic (exact) mass is 414 g/mol. The smallest absolute Gasteiger partial charge is 0.457 e. The first-order valence-electron chi connectivity index (χ1n) is 9.47. The fraction of sp³-hybridized carbons (Fsp3) is 0.364. The van der Waals surface area contributed by atoms with Crippen molar-refractivity contribution in [2.24, 2.45) is 0 Å². The van der Waals surface area contributed by atoms with Crippen LogP contribution in [0, 0.1) is 0 Å². The highest BCUT2D eigenvalue weighted by Crippen LogP contribution is 2.32. The molecule has 0 atom stereocenters. The zero-order valence-corrected chi connectivity index (χ0v) is 18.0. The average Bonchev–Trinajstić information content (AvgIpc) is 2.68. The number of unbranched alkanes of at least 4 members (excludes halogenated alkanes) is 1. The maximum Gasteiger partial charge on any atom is 0.457 e. The highest BCUT2D eigenvalue weighted by molar-refractivity contribution is 8.08. The van der Waals surface area contributed by atoms with Crippen molar-refractivity contribution in [3.8, 4) is 5.75 Å². The SMILES string of the molecule is CCCCOc1ccc(C(C)(C)C)cc1S(=O)(=O)C(=[N+]=[N-])C(=O)c1ccccc1. The van der Waals surface area contributed by atoms with Crippen LogP contribution in [0.3, 0.4) is 0 Å². The van der Waals surface area contributed by atoms with Gasteiger partial charge in [-0.05, 0) is 29.5 Å². The van der Waals surface area contributed by atoms with Crippen molar-refractivity contribution in [2.45, 2.75) is 50.8 Å². The minimum Gasteiger partial charge on any atom is -0.492 e. The molecule has 0 N–H and O–H groups in total. The summed E-state index contributed by atoms with van der Waals surface area (Å²) in [6, 6.07) is 12.7. The Bertz CT molecular complexity index is 1030. The number of rotatable bonds is 7. The Morgan fingerprint density at radius 1 is 1.10 bits per heavy atom. The number of carbonyl (C=O) groups excluding carboxylic acids is 1. The molecule has 0 aliphatic rings. The predicted octanol–water partition coefficient (Wildman–Crippen LogP) is 4.45. The van der Waals surface area contributed by atoms with Gasteiger partial charge in [0.2, 0.25) is 0 Å². The number of nitrogens with zero attached hydrogens (tertiary/aromatic N) is 2. The van der Waals surface area contributed by atoms with Gasteiger partial charge in [-0.3, -0.25) is 4.79 Å². The van der Waals surface area contributed by atoms with Gasteiger partial charge in [-0.25, -0.2) is 8.42 Å². The van der Waals surface area contributed by atoms with E-state index in [1.807, 2.05) is 27.7 Å². The molecule has 2 aromatic carbocycles. The molecule has 0 aliphatic carbocycles. The van der Waals surface area contributed by atoms with Gasteiger partial charge in [0.25, 0.3) is 15.6 Å². The van der Waals surface area contributed by atoms with Gasteiger partial charge in [-0.2, -0.15) is 0 Å². The van der Waals surface area contributed by atoms with Crippen molar-refractivity contribution in [2.75, 3.05) is 6.61 Å². The summed E-state index contributed by atoms with van der Waals surface area (Å²) in [6.45, 7) is 8.19. The summed E-state index contributed by atoms with van der Waals surface area (Å²) >= 11 is 0. The Kier molecular flexibility index (Phi) is 7.11. The van der Waals surface area contributed by atoms with Crippen molar-refractivity contribution in [1.29, 1.82) is 0 Å². The molecule has 29 heavy (non-hydrogen) atoms. The third-order valence-corrected chi connectivity index (χ3v) is 6.10. The maximum absolute atomic E-state index is 13.3. The molecule has 154 valence electrons. The molecule has 0 unspecified atom stereocenters. The van der Waals surface area contributed by atoms with Crippen LogP contribution in [0.2, 0.25) is 0 Å². The Morgan fingerprint density at radius 3 is 2.31 bits per heavy atom. The van der Waals surface area contributed by atoms with Crippen LogP contribution in [0.5, 0.6) is 5.75 Å². The Balaban J connectivity index is 2.61. The van der Waals surface area contributed by atoms with Crippen LogP contribution >= 0.6 is 0 Å². The zero-order chi connectivity index (χ0) is 21.7. The second-order valence-electron chi connectivity index (χ2n) is 7.72. The number of Topliss-reactive ketones (excluding diaryl/α,β-unsaturated/α-hetero) is 1. The summed E-state index contributed by atoms with van der Waals surface area (Å²) in [4.78, 5) is 15.4. The second-order valence-corrected chi connectivity index (χ2v) is 9.55. The van der Waals surface area contributed by atoms with E-state index in [9.17, 15) is 18.7 Å². The molecular formula is C22H26N2O4S. The molecular weight excluding hydrogens is 388 g/mol. The van der Waals surface area contributed by atoms with Gasteiger partial charge in [-0.1, -0.05) is 70.5 Å². The topological polar surface area (TPSA) is 96.8 Å². The number of sulfone groups is 1. The van der Waals surface area contributed by atoms with E-state index in [0.29, 0.717) is 6.61 Å². The van der Waals surface area contributed by atoms with Gasteiger partial charge >= 0.3 is 5.04 Å². The highest BCUT2D eigenvalue weighted by Gasteiger charge is 2.40. The summed E-state index contributed by atoms with van der Waals surface area (Å²) in [5.41, 5.74) is 9.98. The lowest BCUT2D eigenvalue weighted by Gasteiger charge is -2.21. The summed E-state index contributed by atoms with van der Waals surface area (Å²) in [5.74, 6) is -0.748. The fourth-order valence-electron chi connectivity index (χ4n) is 2.67. The van der Waals surface area contributed by atoms with Crippen LogP contribution in [0.4, 0.5) is 0 Å². The van der Waals surface area contributed by atoms with E-state index in [1.165, 1.54) is 18.2 Å². The normalized spacial score (nSPS) is 11.6. The number of ketones is 1. The molecule has 7 heteroatoms. The first-order valence-corrected chi connectivity index (χ1v) is 11.0. The molecule has 0 aliphatic heterocycles. The molecule has 2 rings (SSSR count). The quantitative estimate of drug-likeness (QED) is 0.167. The molecule has 0 heterocycles. The van der Waals surface area contributed by atoms with E-state index in [4.69, 9.17) is 4.74 Å². The standard InChI is InChI=1S/C22H26N2O4S/c1-5-6-14-28-18-13-12-17(22(2,3)4)15-19(18)29(26,27)21(24-23)20(25)16-10-8-7-9-11-16/h7-13,15H,5-6,14H2,1-4H3. The van der Waals surface area contributed by atoms with E-state index in [-0.39, 0.29) is 21.6 Å².